The predicted octanol–water partition coefficient (Wildman–Crippen LogP) is 1.03. The summed E-state index contributed by atoms with van der Waals surface area (Å²) < 4.78 is 0. The van der Waals surface area contributed by atoms with Crippen molar-refractivity contribution >= 4 is 5.97 Å². The second-order valence-electron chi connectivity index (χ2n) is 5.02. The monoisotopic (exact) mass is 228 g/mol. The Bertz CT molecular complexity index is 227. The van der Waals surface area contributed by atoms with Crippen LogP contribution in [0.5, 0.6) is 0 Å². The molecule has 0 aliphatic carbocycles. The van der Waals surface area contributed by atoms with Crippen LogP contribution in [-0.4, -0.2) is 48.7 Å². The molecular formula is C12H24N2O2. The van der Waals surface area contributed by atoms with Gasteiger partial charge < -0.3 is 15.3 Å². The summed E-state index contributed by atoms with van der Waals surface area (Å²) in [5.74, 6) is -0.343. The molecule has 1 aliphatic rings. The third-order valence-corrected chi connectivity index (χ3v) is 3.75. The van der Waals surface area contributed by atoms with Gasteiger partial charge >= 0.3 is 5.97 Å². The minimum Gasteiger partial charge on any atom is -0.481 e. The summed E-state index contributed by atoms with van der Waals surface area (Å²) in [4.78, 5) is 13.1. The van der Waals surface area contributed by atoms with E-state index in [1.807, 2.05) is 14.0 Å². The minimum atomic E-state index is -0.707. The molecule has 16 heavy (non-hydrogen) atoms. The normalized spacial score (nSPS) is 25.4. The van der Waals surface area contributed by atoms with Crippen LogP contribution in [0.3, 0.4) is 0 Å². The fraction of sp³-hybridized carbons (Fsp3) is 0.917. The fourth-order valence-electron chi connectivity index (χ4n) is 2.24. The molecular weight excluding hydrogens is 204 g/mol. The number of aliphatic carboxylic acids is 1. The van der Waals surface area contributed by atoms with Crippen LogP contribution in [0.1, 0.15) is 26.7 Å². The van der Waals surface area contributed by atoms with Gasteiger partial charge in [0.15, 0.2) is 0 Å². The van der Waals surface area contributed by atoms with Crippen molar-refractivity contribution in [3.63, 3.8) is 0 Å². The molecule has 0 aromatic heterocycles. The van der Waals surface area contributed by atoms with Gasteiger partial charge in [-0.05, 0) is 45.8 Å². The van der Waals surface area contributed by atoms with Gasteiger partial charge in [-0.3, -0.25) is 4.79 Å². The van der Waals surface area contributed by atoms with E-state index < -0.39 is 5.97 Å². The molecule has 4 heteroatoms. The molecule has 0 aromatic rings. The zero-order valence-electron chi connectivity index (χ0n) is 10.6. The van der Waals surface area contributed by atoms with Crippen LogP contribution >= 0.6 is 0 Å². The minimum absolute atomic E-state index is 0.0967. The Morgan fingerprint density at radius 2 is 2.25 bits per heavy atom. The molecule has 0 saturated carbocycles. The second kappa shape index (κ2) is 6.21. The highest BCUT2D eigenvalue weighted by Crippen LogP contribution is 2.15. The lowest BCUT2D eigenvalue weighted by atomic mass is 9.96. The lowest BCUT2D eigenvalue weighted by molar-refractivity contribution is -0.143. The van der Waals surface area contributed by atoms with Gasteiger partial charge in [0.05, 0.1) is 5.92 Å². The second-order valence-corrected chi connectivity index (χ2v) is 5.02. The summed E-state index contributed by atoms with van der Waals surface area (Å²) in [6.45, 7) is 6.96. The summed E-state index contributed by atoms with van der Waals surface area (Å²) in [5.41, 5.74) is 0. The predicted molar refractivity (Wildman–Crippen MR) is 64.5 cm³/mol. The molecule has 0 amide bonds. The van der Waals surface area contributed by atoms with Crippen molar-refractivity contribution in [3.8, 4) is 0 Å². The molecule has 2 N–H and O–H groups in total. The number of hydrogen-bond donors (Lipinski definition) is 2. The third-order valence-electron chi connectivity index (χ3n) is 3.75. The molecule has 3 unspecified atom stereocenters. The number of nitrogens with one attached hydrogen (secondary N) is 1. The number of carboxylic acids is 1. The van der Waals surface area contributed by atoms with Crippen molar-refractivity contribution in [3.05, 3.63) is 0 Å². The summed E-state index contributed by atoms with van der Waals surface area (Å²) >= 11 is 0. The summed E-state index contributed by atoms with van der Waals surface area (Å²) in [6, 6.07) is 0.0967. The Kier molecular flexibility index (Phi) is 5.22. The fourth-order valence-corrected chi connectivity index (χ4v) is 2.24. The first-order valence-electron chi connectivity index (χ1n) is 6.16. The quantitative estimate of drug-likeness (QED) is 0.738. The first-order valence-corrected chi connectivity index (χ1v) is 6.16. The topological polar surface area (TPSA) is 52.6 Å². The van der Waals surface area contributed by atoms with Crippen LogP contribution in [0.15, 0.2) is 0 Å². The van der Waals surface area contributed by atoms with Gasteiger partial charge in [0.25, 0.3) is 0 Å². The van der Waals surface area contributed by atoms with Gasteiger partial charge in [-0.2, -0.15) is 0 Å². The zero-order valence-corrected chi connectivity index (χ0v) is 10.6. The standard InChI is InChI=1S/C12H24N2O2/c1-9(12(15)16)10(2)14(3)8-11-5-4-6-13-7-11/h9-11,13H,4-8H2,1-3H3,(H,15,16). The van der Waals surface area contributed by atoms with Crippen LogP contribution in [0.25, 0.3) is 0 Å². The number of carboxylic acid groups (broad SMARTS) is 1. The first kappa shape index (κ1) is 13.5. The Morgan fingerprint density at radius 3 is 2.75 bits per heavy atom. The Labute approximate surface area is 98.0 Å². The van der Waals surface area contributed by atoms with Gasteiger partial charge in [0, 0.05) is 12.6 Å². The van der Waals surface area contributed by atoms with E-state index in [-0.39, 0.29) is 12.0 Å². The lowest BCUT2D eigenvalue weighted by Gasteiger charge is -2.32. The van der Waals surface area contributed by atoms with Crippen LogP contribution in [-0.2, 0) is 4.79 Å². The van der Waals surface area contributed by atoms with Crippen molar-refractivity contribution in [2.75, 3.05) is 26.7 Å². The van der Waals surface area contributed by atoms with Gasteiger partial charge in [0.1, 0.15) is 0 Å². The van der Waals surface area contributed by atoms with E-state index in [1.165, 1.54) is 12.8 Å². The van der Waals surface area contributed by atoms with Crippen molar-refractivity contribution in [2.45, 2.75) is 32.7 Å². The molecule has 1 rings (SSSR count). The highest BCUT2D eigenvalue weighted by Gasteiger charge is 2.25. The lowest BCUT2D eigenvalue weighted by Crippen LogP contribution is -2.43. The van der Waals surface area contributed by atoms with Gasteiger partial charge in [0.2, 0.25) is 0 Å². The number of piperidine rings is 1. The van der Waals surface area contributed by atoms with Crippen molar-refractivity contribution < 1.29 is 9.90 Å². The van der Waals surface area contributed by atoms with Crippen molar-refractivity contribution in [1.82, 2.24) is 10.2 Å². The maximum Gasteiger partial charge on any atom is 0.307 e. The number of nitrogens with zero attached hydrogens (tertiary/aromatic N) is 1. The molecule has 1 fully saturated rings. The Hall–Kier alpha value is -0.610. The van der Waals surface area contributed by atoms with E-state index in [4.69, 9.17) is 5.11 Å². The van der Waals surface area contributed by atoms with E-state index in [0.29, 0.717) is 5.92 Å². The number of carbonyl (C=O) groups is 1. The van der Waals surface area contributed by atoms with Gasteiger partial charge in [-0.1, -0.05) is 6.92 Å². The van der Waals surface area contributed by atoms with E-state index in [0.717, 1.165) is 19.6 Å². The highest BCUT2D eigenvalue weighted by molar-refractivity contribution is 5.70. The maximum absolute atomic E-state index is 10.9. The molecule has 94 valence electrons. The molecule has 0 bridgehead atoms. The first-order chi connectivity index (χ1) is 7.52. The van der Waals surface area contributed by atoms with Crippen molar-refractivity contribution in [1.29, 1.82) is 0 Å². The molecule has 1 aliphatic heterocycles. The van der Waals surface area contributed by atoms with Crippen LogP contribution in [0, 0.1) is 11.8 Å². The largest absolute Gasteiger partial charge is 0.481 e. The molecule has 0 radical (unpaired) electrons. The SMILES string of the molecule is CC(C(=O)O)C(C)N(C)CC1CCCNC1. The molecule has 1 heterocycles. The van der Waals surface area contributed by atoms with Gasteiger partial charge in [-0.15, -0.1) is 0 Å². The third kappa shape index (κ3) is 3.76. The van der Waals surface area contributed by atoms with E-state index in [9.17, 15) is 4.79 Å². The average Bonchev–Trinajstić information content (AvgIpc) is 2.28. The molecule has 0 spiro atoms. The maximum atomic E-state index is 10.9. The summed E-state index contributed by atoms with van der Waals surface area (Å²) in [7, 11) is 2.03. The Balaban J connectivity index is 2.37. The molecule has 4 nitrogen and oxygen atoms in total. The zero-order chi connectivity index (χ0) is 12.1. The number of rotatable bonds is 5. The number of hydrogen-bond acceptors (Lipinski definition) is 3. The summed E-state index contributed by atoms with van der Waals surface area (Å²) in [6.07, 6.45) is 2.49. The van der Waals surface area contributed by atoms with E-state index >= 15 is 0 Å². The molecule has 1 saturated heterocycles. The van der Waals surface area contributed by atoms with Crippen molar-refractivity contribution in [2.24, 2.45) is 11.8 Å². The smallest absolute Gasteiger partial charge is 0.307 e. The van der Waals surface area contributed by atoms with E-state index in [1.54, 1.807) is 6.92 Å². The van der Waals surface area contributed by atoms with Crippen LogP contribution < -0.4 is 5.32 Å². The van der Waals surface area contributed by atoms with Crippen LogP contribution in [0.4, 0.5) is 0 Å². The molecule has 0 aromatic carbocycles. The van der Waals surface area contributed by atoms with E-state index in [2.05, 4.69) is 10.2 Å². The molecule has 3 atom stereocenters. The average molecular weight is 228 g/mol. The summed E-state index contributed by atoms with van der Waals surface area (Å²) in [5, 5.41) is 12.4. The highest BCUT2D eigenvalue weighted by atomic mass is 16.4. The van der Waals surface area contributed by atoms with Gasteiger partial charge in [-0.25, -0.2) is 0 Å². The Morgan fingerprint density at radius 1 is 1.56 bits per heavy atom. The van der Waals surface area contributed by atoms with Crippen LogP contribution in [0.2, 0.25) is 0 Å².